The third kappa shape index (κ3) is 13.5. The Morgan fingerprint density at radius 1 is 0.479 bits per heavy atom. The van der Waals surface area contributed by atoms with Crippen molar-refractivity contribution in [1.82, 2.24) is 9.97 Å². The summed E-state index contributed by atoms with van der Waals surface area (Å²) in [5.41, 5.74) is 3.02. The van der Waals surface area contributed by atoms with Crippen molar-refractivity contribution in [1.29, 1.82) is 0 Å². The van der Waals surface area contributed by atoms with Crippen LogP contribution in [0.1, 0.15) is 50.6 Å². The zero-order chi connectivity index (χ0) is 50.9. The molecule has 366 valence electrons. The normalized spacial score (nSPS) is 11.3. The van der Waals surface area contributed by atoms with Gasteiger partial charge in [0.2, 0.25) is 11.8 Å². The SMILES string of the molecule is Cc1oc(-c2cc(F)cc(F)c2)nc1CCOc1cccc(-c2cccc(OC(C)(C)C(=O)O)c2)c1.Cc1oc(-c2cccc(F)c2)nc1CCOc1cccc(-c2cccc(OC(C)(C)C(=O)O)c2)c1. The number of benzene rings is 6. The van der Waals surface area contributed by atoms with E-state index in [1.165, 1.54) is 52.0 Å². The van der Waals surface area contributed by atoms with Crippen molar-refractivity contribution < 1.29 is 60.8 Å². The van der Waals surface area contributed by atoms with Crippen LogP contribution in [-0.4, -0.2) is 56.5 Å². The number of rotatable bonds is 18. The maximum absolute atomic E-state index is 13.5. The van der Waals surface area contributed by atoms with E-state index in [0.717, 1.165) is 34.0 Å². The van der Waals surface area contributed by atoms with E-state index in [4.69, 9.17) is 27.8 Å². The highest BCUT2D eigenvalue weighted by atomic mass is 19.1. The highest BCUT2D eigenvalue weighted by Gasteiger charge is 2.30. The summed E-state index contributed by atoms with van der Waals surface area (Å²) in [7, 11) is 0. The first-order valence-electron chi connectivity index (χ1n) is 22.5. The van der Waals surface area contributed by atoms with Crippen LogP contribution in [0.3, 0.4) is 0 Å². The van der Waals surface area contributed by atoms with Gasteiger partial charge in [0.05, 0.1) is 24.6 Å². The minimum Gasteiger partial charge on any atom is -0.493 e. The van der Waals surface area contributed by atoms with Crippen LogP contribution in [0, 0.1) is 31.3 Å². The van der Waals surface area contributed by atoms with Crippen LogP contribution < -0.4 is 18.9 Å². The van der Waals surface area contributed by atoms with Gasteiger partial charge in [-0.25, -0.2) is 32.7 Å². The van der Waals surface area contributed by atoms with Gasteiger partial charge in [0.25, 0.3) is 0 Å². The summed E-state index contributed by atoms with van der Waals surface area (Å²) in [6, 6.07) is 38.8. The largest absolute Gasteiger partial charge is 0.493 e. The Labute approximate surface area is 408 Å². The van der Waals surface area contributed by atoms with Crippen LogP contribution in [0.15, 0.2) is 148 Å². The minimum absolute atomic E-state index is 0.149. The Morgan fingerprint density at radius 3 is 1.24 bits per heavy atom. The number of nitrogens with zero attached hydrogens (tertiary/aromatic N) is 2. The Hall–Kier alpha value is -8.33. The molecular weight excluding hydrogens is 918 g/mol. The molecule has 8 aromatic rings. The molecule has 8 rings (SSSR count). The minimum atomic E-state index is -1.36. The lowest BCUT2D eigenvalue weighted by molar-refractivity contribution is -0.152. The molecule has 15 heteroatoms. The zero-order valence-electron chi connectivity index (χ0n) is 39.8. The first kappa shape index (κ1) is 50.5. The fraction of sp³-hybridized carbons (Fsp3) is 0.214. The molecule has 0 fully saturated rings. The highest BCUT2D eigenvalue weighted by molar-refractivity contribution is 5.77. The number of halogens is 3. The van der Waals surface area contributed by atoms with Gasteiger partial charge in [0.1, 0.15) is 52.0 Å². The lowest BCUT2D eigenvalue weighted by atomic mass is 10.0. The van der Waals surface area contributed by atoms with Crippen LogP contribution in [-0.2, 0) is 22.4 Å². The zero-order valence-corrected chi connectivity index (χ0v) is 39.8. The molecule has 0 aliphatic carbocycles. The van der Waals surface area contributed by atoms with Crippen molar-refractivity contribution in [2.24, 2.45) is 0 Å². The molecule has 2 heterocycles. The lowest BCUT2D eigenvalue weighted by Crippen LogP contribution is -2.37. The van der Waals surface area contributed by atoms with E-state index in [1.54, 1.807) is 49.4 Å². The van der Waals surface area contributed by atoms with Crippen molar-refractivity contribution in [3.8, 4) is 68.2 Å². The smallest absolute Gasteiger partial charge is 0.347 e. The Kier molecular flexibility index (Phi) is 15.6. The molecule has 0 amide bonds. The predicted molar refractivity (Wildman–Crippen MR) is 260 cm³/mol. The van der Waals surface area contributed by atoms with Gasteiger partial charge in [-0.05, 0) is 143 Å². The van der Waals surface area contributed by atoms with Gasteiger partial charge in [0, 0.05) is 30.0 Å². The fourth-order valence-corrected chi connectivity index (χ4v) is 7.08. The van der Waals surface area contributed by atoms with Gasteiger partial charge in [-0.15, -0.1) is 0 Å². The van der Waals surface area contributed by atoms with Gasteiger partial charge in [0.15, 0.2) is 11.2 Å². The predicted octanol–water partition coefficient (Wildman–Crippen LogP) is 12.8. The van der Waals surface area contributed by atoms with Crippen LogP contribution in [0.2, 0.25) is 0 Å². The van der Waals surface area contributed by atoms with Crippen molar-refractivity contribution in [3.63, 3.8) is 0 Å². The molecule has 0 saturated carbocycles. The second-order valence-electron chi connectivity index (χ2n) is 17.4. The topological polar surface area (TPSA) is 164 Å². The second-order valence-corrected chi connectivity index (χ2v) is 17.4. The van der Waals surface area contributed by atoms with E-state index < -0.39 is 34.8 Å². The number of aromatic nitrogens is 2. The number of carboxylic acid groups (broad SMARTS) is 2. The van der Waals surface area contributed by atoms with E-state index >= 15 is 0 Å². The molecule has 0 atom stereocenters. The van der Waals surface area contributed by atoms with Crippen molar-refractivity contribution in [2.75, 3.05) is 13.2 Å². The summed E-state index contributed by atoms with van der Waals surface area (Å²) in [6.07, 6.45) is 0.966. The molecule has 0 unspecified atom stereocenters. The number of aliphatic carboxylic acids is 2. The average molecular weight is 969 g/mol. The number of carboxylic acids is 2. The van der Waals surface area contributed by atoms with Gasteiger partial charge >= 0.3 is 11.9 Å². The first-order chi connectivity index (χ1) is 33.8. The number of ether oxygens (including phenoxy) is 4. The molecule has 2 aromatic heterocycles. The number of hydrogen-bond donors (Lipinski definition) is 2. The Morgan fingerprint density at radius 2 is 0.831 bits per heavy atom. The summed E-state index contributed by atoms with van der Waals surface area (Å²) in [4.78, 5) is 31.6. The van der Waals surface area contributed by atoms with Crippen LogP contribution in [0.5, 0.6) is 23.0 Å². The van der Waals surface area contributed by atoms with Crippen molar-refractivity contribution in [2.45, 2.75) is 65.6 Å². The molecule has 0 radical (unpaired) electrons. The van der Waals surface area contributed by atoms with Gasteiger partial charge in [-0.1, -0.05) is 54.6 Å². The molecule has 0 spiro atoms. The van der Waals surface area contributed by atoms with E-state index in [0.29, 0.717) is 77.7 Å². The molecule has 6 aromatic carbocycles. The molecule has 0 aliphatic heterocycles. The highest BCUT2D eigenvalue weighted by Crippen LogP contribution is 2.32. The van der Waals surface area contributed by atoms with E-state index in [-0.39, 0.29) is 17.3 Å². The molecule has 0 bridgehead atoms. The molecule has 2 N–H and O–H groups in total. The third-order valence-corrected chi connectivity index (χ3v) is 11.0. The van der Waals surface area contributed by atoms with Crippen molar-refractivity contribution >= 4 is 11.9 Å². The quantitative estimate of drug-likeness (QED) is 0.0838. The molecule has 0 aliphatic rings. The van der Waals surface area contributed by atoms with Crippen molar-refractivity contribution in [3.05, 3.63) is 180 Å². The number of carbonyl (C=O) groups is 2. The number of aryl methyl sites for hydroxylation is 2. The fourth-order valence-electron chi connectivity index (χ4n) is 7.08. The van der Waals surface area contributed by atoms with Gasteiger partial charge < -0.3 is 38.0 Å². The van der Waals surface area contributed by atoms with Gasteiger partial charge in [-0.2, -0.15) is 0 Å². The van der Waals surface area contributed by atoms with Crippen LogP contribution in [0.4, 0.5) is 13.2 Å². The number of hydrogen-bond acceptors (Lipinski definition) is 10. The standard InChI is InChI=1S/C28H25F2NO5.C28H26FNO5/c1-17-25(31-26(35-17)20-12-21(29)16-22(30)13-20)10-11-34-23-8-4-6-18(14-23)19-7-5-9-24(15-19)36-28(2,3)27(32)33;1-18-25(30-26(34-18)21-9-4-10-22(29)15-21)13-14-33-23-11-5-7-19(16-23)20-8-6-12-24(17-20)35-28(2,3)27(31)32/h4-9,12-16H,10-11H2,1-3H3,(H,32,33);4-12,15-17H,13-14H2,1-3H3,(H,31,32). The van der Waals surface area contributed by atoms with E-state index in [1.807, 2.05) is 73.7 Å². The summed E-state index contributed by atoms with van der Waals surface area (Å²) in [5.74, 6) is 0.152. The lowest BCUT2D eigenvalue weighted by Gasteiger charge is -2.21. The average Bonchev–Trinajstić information content (AvgIpc) is 3.89. The summed E-state index contributed by atoms with van der Waals surface area (Å²) in [6.45, 7) is 10.3. The van der Waals surface area contributed by atoms with Gasteiger partial charge in [-0.3, -0.25) is 0 Å². The monoisotopic (exact) mass is 968 g/mol. The maximum Gasteiger partial charge on any atom is 0.347 e. The van der Waals surface area contributed by atoms with Crippen LogP contribution in [0.25, 0.3) is 45.2 Å². The molecule has 12 nitrogen and oxygen atoms in total. The van der Waals surface area contributed by atoms with E-state index in [9.17, 15) is 33.0 Å². The first-order valence-corrected chi connectivity index (χ1v) is 22.5. The molecule has 71 heavy (non-hydrogen) atoms. The van der Waals surface area contributed by atoms with Crippen LogP contribution >= 0.6 is 0 Å². The summed E-state index contributed by atoms with van der Waals surface area (Å²) < 4.78 is 75.1. The Bertz CT molecular complexity index is 3140. The maximum atomic E-state index is 13.5. The second kappa shape index (κ2) is 22.0. The summed E-state index contributed by atoms with van der Waals surface area (Å²) in [5, 5.41) is 18.6. The summed E-state index contributed by atoms with van der Waals surface area (Å²) >= 11 is 0. The molecular formula is C56H51F3N2O10. The Balaban J connectivity index is 0.000000209. The molecule has 0 saturated heterocycles. The van der Waals surface area contributed by atoms with E-state index in [2.05, 4.69) is 9.97 Å². The number of oxazole rings is 2. The third-order valence-electron chi connectivity index (χ3n) is 11.0.